The minimum atomic E-state index is -0.00450. The highest BCUT2D eigenvalue weighted by molar-refractivity contribution is 7.99. The first kappa shape index (κ1) is 18.8. The lowest BCUT2D eigenvalue weighted by atomic mass is 9.62. The zero-order valence-corrected chi connectivity index (χ0v) is 17.4. The van der Waals surface area contributed by atoms with E-state index >= 15 is 0 Å². The van der Waals surface area contributed by atoms with Crippen molar-refractivity contribution in [3.05, 3.63) is 45.7 Å². The van der Waals surface area contributed by atoms with Crippen molar-refractivity contribution in [2.45, 2.75) is 82.3 Å². The van der Waals surface area contributed by atoms with Crippen LogP contribution in [0.5, 0.6) is 0 Å². The molecule has 1 aromatic carbocycles. The zero-order chi connectivity index (χ0) is 18.9. The minimum Gasteiger partial charge on any atom is -0.287 e. The van der Waals surface area contributed by atoms with E-state index in [1.807, 2.05) is 4.57 Å². The van der Waals surface area contributed by atoms with E-state index in [2.05, 4.69) is 38.1 Å². The largest absolute Gasteiger partial charge is 0.287 e. The highest BCUT2D eigenvalue weighted by atomic mass is 32.2. The zero-order valence-electron chi connectivity index (χ0n) is 16.6. The molecule has 0 radical (unpaired) electrons. The van der Waals surface area contributed by atoms with E-state index in [0.29, 0.717) is 0 Å². The van der Waals surface area contributed by atoms with Crippen LogP contribution in [0, 0.1) is 0 Å². The Labute approximate surface area is 166 Å². The molecular weight excluding hydrogens is 352 g/mol. The SMILES string of the molecule is CCCSc1nc2c(c(=O)n1CCC)C1(CCCCC1)Cc1ccccc1-2. The number of fused-ring (bicyclic) bond motifs is 4. The van der Waals surface area contributed by atoms with Gasteiger partial charge in [0, 0.05) is 23.3 Å². The Morgan fingerprint density at radius 1 is 1.11 bits per heavy atom. The smallest absolute Gasteiger partial charge is 0.258 e. The molecule has 0 atom stereocenters. The Bertz CT molecular complexity index is 880. The molecule has 4 rings (SSSR count). The molecule has 2 aliphatic rings. The van der Waals surface area contributed by atoms with Crippen LogP contribution in [0.25, 0.3) is 11.3 Å². The Hall–Kier alpha value is -1.55. The summed E-state index contributed by atoms with van der Waals surface area (Å²) in [5, 5.41) is 0.908. The van der Waals surface area contributed by atoms with Crippen molar-refractivity contribution < 1.29 is 0 Å². The quantitative estimate of drug-likeness (QED) is 0.500. The van der Waals surface area contributed by atoms with Gasteiger partial charge in [0.2, 0.25) is 0 Å². The third kappa shape index (κ3) is 3.26. The second-order valence-corrected chi connectivity index (χ2v) is 9.16. The van der Waals surface area contributed by atoms with E-state index in [4.69, 9.17) is 4.98 Å². The summed E-state index contributed by atoms with van der Waals surface area (Å²) in [4.78, 5) is 18.9. The molecule has 1 heterocycles. The summed E-state index contributed by atoms with van der Waals surface area (Å²) in [6, 6.07) is 8.62. The minimum absolute atomic E-state index is 0.00450. The third-order valence-corrected chi connectivity index (χ3v) is 7.34. The van der Waals surface area contributed by atoms with E-state index in [1.54, 1.807) is 11.8 Å². The van der Waals surface area contributed by atoms with E-state index in [1.165, 1.54) is 30.4 Å². The Balaban J connectivity index is 1.97. The van der Waals surface area contributed by atoms with Gasteiger partial charge < -0.3 is 0 Å². The monoisotopic (exact) mass is 382 g/mol. The molecule has 1 fully saturated rings. The standard InChI is InChI=1S/C23H30N2OS/c1-3-14-25-21(26)19-20(24-22(25)27-15-4-2)18-11-7-6-10-17(18)16-23(19)12-8-5-9-13-23/h6-7,10-11H,3-5,8-9,12-16H2,1-2H3. The summed E-state index contributed by atoms with van der Waals surface area (Å²) >= 11 is 1.74. The second-order valence-electron chi connectivity index (χ2n) is 8.10. The lowest BCUT2D eigenvalue weighted by molar-refractivity contribution is 0.282. The number of rotatable bonds is 5. The molecule has 0 saturated heterocycles. The molecule has 2 aromatic rings. The van der Waals surface area contributed by atoms with Gasteiger partial charge in [-0.2, -0.15) is 0 Å². The van der Waals surface area contributed by atoms with Crippen molar-refractivity contribution in [3.8, 4) is 11.3 Å². The molecule has 1 spiro atoms. The van der Waals surface area contributed by atoms with Gasteiger partial charge in [-0.15, -0.1) is 0 Å². The topological polar surface area (TPSA) is 34.9 Å². The average molecular weight is 383 g/mol. The number of nitrogens with zero attached hydrogens (tertiary/aromatic N) is 2. The van der Waals surface area contributed by atoms with Crippen molar-refractivity contribution >= 4 is 11.8 Å². The highest BCUT2D eigenvalue weighted by Gasteiger charge is 2.43. The van der Waals surface area contributed by atoms with Crippen LogP contribution in [0.2, 0.25) is 0 Å². The molecule has 3 nitrogen and oxygen atoms in total. The summed E-state index contributed by atoms with van der Waals surface area (Å²) in [7, 11) is 0. The molecule has 1 aromatic heterocycles. The highest BCUT2D eigenvalue weighted by Crippen LogP contribution is 2.48. The van der Waals surface area contributed by atoms with Crippen molar-refractivity contribution in [1.82, 2.24) is 9.55 Å². The molecule has 2 aliphatic carbocycles. The van der Waals surface area contributed by atoms with Crippen LogP contribution >= 0.6 is 11.8 Å². The normalized spacial score (nSPS) is 17.6. The number of hydrogen-bond acceptors (Lipinski definition) is 3. The average Bonchev–Trinajstić information content (AvgIpc) is 2.69. The van der Waals surface area contributed by atoms with Crippen molar-refractivity contribution in [2.75, 3.05) is 5.75 Å². The summed E-state index contributed by atoms with van der Waals surface area (Å²) in [5.41, 5.74) is 4.79. The fourth-order valence-corrected chi connectivity index (χ4v) is 5.82. The third-order valence-electron chi connectivity index (χ3n) is 6.16. The van der Waals surface area contributed by atoms with Gasteiger partial charge in [-0.05, 0) is 37.7 Å². The first-order valence-electron chi connectivity index (χ1n) is 10.6. The maximum absolute atomic E-state index is 13.8. The predicted octanol–water partition coefficient (Wildman–Crippen LogP) is 5.58. The van der Waals surface area contributed by atoms with E-state index < -0.39 is 0 Å². The first-order valence-corrected chi connectivity index (χ1v) is 11.5. The molecule has 144 valence electrons. The number of aromatic nitrogens is 2. The van der Waals surface area contributed by atoms with Gasteiger partial charge in [-0.3, -0.25) is 9.36 Å². The molecular formula is C23H30N2OS. The van der Waals surface area contributed by atoms with Gasteiger partial charge in [0.15, 0.2) is 5.16 Å². The first-order chi connectivity index (χ1) is 13.2. The van der Waals surface area contributed by atoms with Crippen molar-refractivity contribution in [1.29, 1.82) is 0 Å². The van der Waals surface area contributed by atoms with Gasteiger partial charge in [0.1, 0.15) is 0 Å². The molecule has 0 N–H and O–H groups in total. The molecule has 1 saturated carbocycles. The van der Waals surface area contributed by atoms with Crippen LogP contribution in [0.3, 0.4) is 0 Å². The van der Waals surface area contributed by atoms with Crippen LogP contribution < -0.4 is 5.56 Å². The van der Waals surface area contributed by atoms with E-state index in [9.17, 15) is 4.79 Å². The van der Waals surface area contributed by atoms with Gasteiger partial charge >= 0.3 is 0 Å². The van der Waals surface area contributed by atoms with Gasteiger partial charge in [-0.25, -0.2) is 4.98 Å². The van der Waals surface area contributed by atoms with Crippen LogP contribution in [0.4, 0.5) is 0 Å². The maximum atomic E-state index is 13.8. The Kier molecular flexibility index (Phi) is 5.45. The van der Waals surface area contributed by atoms with Gasteiger partial charge in [-0.1, -0.05) is 69.1 Å². The molecule has 0 aliphatic heterocycles. The molecule has 0 amide bonds. The summed E-state index contributed by atoms with van der Waals surface area (Å²) < 4.78 is 1.98. The number of hydrogen-bond donors (Lipinski definition) is 0. The summed E-state index contributed by atoms with van der Waals surface area (Å²) in [6.07, 6.45) is 9.04. The summed E-state index contributed by atoms with van der Waals surface area (Å²) in [6.45, 7) is 5.09. The number of thioether (sulfide) groups is 1. The maximum Gasteiger partial charge on any atom is 0.258 e. The van der Waals surface area contributed by atoms with E-state index in [-0.39, 0.29) is 11.0 Å². The van der Waals surface area contributed by atoms with Crippen molar-refractivity contribution in [3.63, 3.8) is 0 Å². The van der Waals surface area contributed by atoms with Crippen molar-refractivity contribution in [2.24, 2.45) is 0 Å². The van der Waals surface area contributed by atoms with E-state index in [0.717, 1.165) is 60.8 Å². The molecule has 0 unspecified atom stereocenters. The lowest BCUT2D eigenvalue weighted by Crippen LogP contribution is -2.43. The lowest BCUT2D eigenvalue weighted by Gasteiger charge is -2.42. The van der Waals surface area contributed by atoms with Crippen LogP contribution in [0.15, 0.2) is 34.2 Å². The Morgan fingerprint density at radius 2 is 1.89 bits per heavy atom. The molecule has 27 heavy (non-hydrogen) atoms. The summed E-state index contributed by atoms with van der Waals surface area (Å²) in [5.74, 6) is 1.00. The van der Waals surface area contributed by atoms with Gasteiger partial charge in [0.25, 0.3) is 5.56 Å². The van der Waals surface area contributed by atoms with Gasteiger partial charge in [0.05, 0.1) is 11.3 Å². The van der Waals surface area contributed by atoms with Crippen LogP contribution in [0.1, 0.15) is 69.9 Å². The molecule has 4 heteroatoms. The fourth-order valence-electron chi connectivity index (χ4n) is 4.95. The Morgan fingerprint density at radius 3 is 2.63 bits per heavy atom. The second kappa shape index (κ2) is 7.83. The number of benzene rings is 1. The molecule has 0 bridgehead atoms. The van der Waals surface area contributed by atoms with Crippen LogP contribution in [-0.2, 0) is 18.4 Å². The fraction of sp³-hybridized carbons (Fsp3) is 0.565. The van der Waals surface area contributed by atoms with Crippen LogP contribution in [-0.4, -0.2) is 15.3 Å². The predicted molar refractivity (Wildman–Crippen MR) is 114 cm³/mol.